The van der Waals surface area contributed by atoms with Gasteiger partial charge in [0, 0.05) is 29.1 Å². The number of benzene rings is 2. The van der Waals surface area contributed by atoms with Gasteiger partial charge >= 0.3 is 5.97 Å². The molecule has 1 aromatic heterocycles. The molecule has 3 rings (SSSR count). The van der Waals surface area contributed by atoms with Crippen molar-refractivity contribution in [1.29, 1.82) is 0 Å². The number of aliphatic carboxylic acids is 1. The number of aromatic nitrogens is 1. The van der Waals surface area contributed by atoms with Gasteiger partial charge in [-0.25, -0.2) is 0 Å². The van der Waals surface area contributed by atoms with Crippen molar-refractivity contribution in [1.82, 2.24) is 9.88 Å². The first-order chi connectivity index (χ1) is 15.1. The van der Waals surface area contributed by atoms with E-state index in [1.807, 2.05) is 30.3 Å². The normalized spacial score (nSPS) is 11.5. The lowest BCUT2D eigenvalue weighted by atomic mass is 10.0. The third kappa shape index (κ3) is 6.48. The van der Waals surface area contributed by atoms with Crippen molar-refractivity contribution in [2.45, 2.75) is 18.7 Å². The fourth-order valence-corrected chi connectivity index (χ4v) is 4.28. The monoisotopic (exact) mass is 432 g/mol. The number of carboxylic acids is 1. The summed E-state index contributed by atoms with van der Waals surface area (Å²) in [5, 5.41) is 11.9. The van der Waals surface area contributed by atoms with E-state index in [2.05, 4.69) is 77.6 Å². The summed E-state index contributed by atoms with van der Waals surface area (Å²) >= 11 is 1.62. The predicted molar refractivity (Wildman–Crippen MR) is 130 cm³/mol. The lowest BCUT2D eigenvalue weighted by Crippen LogP contribution is -2.36. The van der Waals surface area contributed by atoms with Crippen LogP contribution in [0.1, 0.15) is 11.3 Å². The molecule has 4 nitrogen and oxygen atoms in total. The summed E-state index contributed by atoms with van der Waals surface area (Å²) in [6, 6.07) is 28.7. The molecule has 0 bridgehead atoms. The van der Waals surface area contributed by atoms with E-state index in [-0.39, 0.29) is 0 Å². The second kappa shape index (κ2) is 11.4. The van der Waals surface area contributed by atoms with Crippen molar-refractivity contribution < 1.29 is 9.90 Å². The van der Waals surface area contributed by atoms with Gasteiger partial charge in [0.2, 0.25) is 0 Å². The van der Waals surface area contributed by atoms with Gasteiger partial charge in [-0.2, -0.15) is 11.8 Å². The summed E-state index contributed by atoms with van der Waals surface area (Å²) < 4.78 is 2.17. The quantitative estimate of drug-likeness (QED) is 0.495. The minimum absolute atomic E-state index is 0.513. The molecule has 0 aliphatic heterocycles. The Kier molecular flexibility index (Phi) is 8.33. The van der Waals surface area contributed by atoms with Crippen LogP contribution in [0.3, 0.4) is 0 Å². The number of carboxylic acid groups (broad SMARTS) is 1. The lowest BCUT2D eigenvalue weighted by Gasteiger charge is -2.11. The van der Waals surface area contributed by atoms with Crippen molar-refractivity contribution in [3.8, 4) is 16.8 Å². The minimum Gasteiger partial charge on any atom is -0.480 e. The number of rotatable bonds is 8. The zero-order chi connectivity index (χ0) is 22.1. The van der Waals surface area contributed by atoms with Gasteiger partial charge in [0.15, 0.2) is 0 Å². The van der Waals surface area contributed by atoms with Gasteiger partial charge in [0.25, 0.3) is 0 Å². The highest BCUT2D eigenvalue weighted by Gasteiger charge is 2.14. The molecule has 1 unspecified atom stereocenters. The molecule has 0 aliphatic carbocycles. The van der Waals surface area contributed by atoms with E-state index in [4.69, 9.17) is 5.11 Å². The first kappa shape index (κ1) is 22.7. The van der Waals surface area contributed by atoms with Gasteiger partial charge in [0.05, 0.1) is 0 Å². The molecule has 0 saturated heterocycles. The standard InChI is InChI=1S/C26H28N2O2S/c1-20-8-6-4-3-5-7-17-28(20)24-15-13-23(14-16-24)22-11-9-21(10-12-22)18-31-19-25(27-2)26(29)30/h3-17,25,27H,18-19H2,1-2H3,(H,29,30). The van der Waals surface area contributed by atoms with E-state index in [0.29, 0.717) is 5.75 Å². The number of nitrogens with zero attached hydrogens (tertiary/aromatic N) is 1. The average molecular weight is 433 g/mol. The molecule has 2 N–H and O–H groups in total. The Labute approximate surface area is 188 Å². The highest BCUT2D eigenvalue weighted by atomic mass is 32.2. The van der Waals surface area contributed by atoms with Crippen molar-refractivity contribution in [2.75, 3.05) is 12.8 Å². The van der Waals surface area contributed by atoms with Crippen LogP contribution < -0.4 is 5.32 Å². The molecule has 160 valence electrons. The van der Waals surface area contributed by atoms with Gasteiger partial charge < -0.3 is 15.0 Å². The van der Waals surface area contributed by atoms with Gasteiger partial charge in [-0.3, -0.25) is 4.79 Å². The Bertz CT molecular complexity index is 1040. The van der Waals surface area contributed by atoms with Gasteiger partial charge in [0.1, 0.15) is 6.04 Å². The molecule has 0 fully saturated rings. The molecule has 0 aliphatic rings. The number of aryl methyl sites for hydroxylation is 1. The Morgan fingerprint density at radius 2 is 1.55 bits per heavy atom. The number of likely N-dealkylation sites (N-methyl/N-ethyl adjacent to an activating group) is 1. The zero-order valence-electron chi connectivity index (χ0n) is 17.9. The van der Waals surface area contributed by atoms with Gasteiger partial charge in [-0.1, -0.05) is 60.7 Å². The Hall–Kier alpha value is -3.02. The maximum absolute atomic E-state index is 11.1. The van der Waals surface area contributed by atoms with Crippen LogP contribution in [0.4, 0.5) is 0 Å². The SMILES string of the molecule is CNC(CSCc1ccc(-c2ccc(-n3cccccccc3C)cc2)cc1)C(=O)O. The third-order valence-electron chi connectivity index (χ3n) is 5.03. The van der Waals surface area contributed by atoms with Crippen molar-refractivity contribution >= 4 is 17.7 Å². The number of thioether (sulfide) groups is 1. The molecule has 2 aromatic carbocycles. The maximum atomic E-state index is 11.1. The molecule has 0 saturated carbocycles. The molecule has 0 radical (unpaired) electrons. The van der Waals surface area contributed by atoms with Crippen LogP contribution in [0.15, 0.2) is 91.1 Å². The predicted octanol–water partition coefficient (Wildman–Crippen LogP) is 5.48. The van der Waals surface area contributed by atoms with E-state index < -0.39 is 12.0 Å². The maximum Gasteiger partial charge on any atom is 0.321 e. The van der Waals surface area contributed by atoms with Crippen molar-refractivity contribution in [3.05, 3.63) is 102 Å². The smallest absolute Gasteiger partial charge is 0.321 e. The molecule has 0 amide bonds. The number of hydrogen-bond acceptors (Lipinski definition) is 3. The van der Waals surface area contributed by atoms with Crippen LogP contribution in [0, 0.1) is 6.92 Å². The minimum atomic E-state index is -0.811. The molecule has 1 atom stereocenters. The summed E-state index contributed by atoms with van der Waals surface area (Å²) in [6.07, 6.45) is 2.07. The third-order valence-corrected chi connectivity index (χ3v) is 6.14. The Morgan fingerprint density at radius 1 is 0.935 bits per heavy atom. The summed E-state index contributed by atoms with van der Waals surface area (Å²) in [4.78, 5) is 11.1. The average Bonchev–Trinajstić information content (AvgIpc) is 2.89. The topological polar surface area (TPSA) is 54.3 Å². The van der Waals surface area contributed by atoms with Crippen LogP contribution in [-0.4, -0.2) is 34.5 Å². The molecule has 1 heterocycles. The van der Waals surface area contributed by atoms with Crippen LogP contribution in [-0.2, 0) is 10.5 Å². The summed E-state index contributed by atoms with van der Waals surface area (Å²) in [5.41, 5.74) is 5.78. The molecule has 3 aromatic rings. The summed E-state index contributed by atoms with van der Waals surface area (Å²) in [7, 11) is 1.68. The van der Waals surface area contributed by atoms with Crippen molar-refractivity contribution in [2.24, 2.45) is 0 Å². The van der Waals surface area contributed by atoms with E-state index in [9.17, 15) is 4.79 Å². The second-order valence-corrected chi connectivity index (χ2v) is 8.26. The lowest BCUT2D eigenvalue weighted by molar-refractivity contribution is -0.138. The summed E-state index contributed by atoms with van der Waals surface area (Å²) in [6.45, 7) is 2.10. The second-order valence-electron chi connectivity index (χ2n) is 7.23. The van der Waals surface area contributed by atoms with Gasteiger partial charge in [-0.05, 0) is 54.9 Å². The zero-order valence-corrected chi connectivity index (χ0v) is 18.7. The van der Waals surface area contributed by atoms with Crippen LogP contribution in [0.5, 0.6) is 0 Å². The first-order valence-corrected chi connectivity index (χ1v) is 11.4. The Balaban J connectivity index is 1.70. The first-order valence-electron chi connectivity index (χ1n) is 10.2. The number of carbonyl (C=O) groups is 1. The van der Waals surface area contributed by atoms with Crippen LogP contribution in [0.25, 0.3) is 16.8 Å². The fourth-order valence-electron chi connectivity index (χ4n) is 3.19. The highest BCUT2D eigenvalue weighted by molar-refractivity contribution is 7.98. The van der Waals surface area contributed by atoms with Crippen LogP contribution in [0.2, 0.25) is 0 Å². The highest BCUT2D eigenvalue weighted by Crippen LogP contribution is 2.23. The largest absolute Gasteiger partial charge is 0.480 e. The molecular weight excluding hydrogens is 404 g/mol. The van der Waals surface area contributed by atoms with E-state index in [1.54, 1.807) is 18.8 Å². The van der Waals surface area contributed by atoms with E-state index in [1.165, 1.54) is 11.1 Å². The van der Waals surface area contributed by atoms with Gasteiger partial charge in [-0.15, -0.1) is 0 Å². The van der Waals surface area contributed by atoms with Crippen molar-refractivity contribution in [3.63, 3.8) is 0 Å². The van der Waals surface area contributed by atoms with Crippen LogP contribution >= 0.6 is 11.8 Å². The Morgan fingerprint density at radius 3 is 2.19 bits per heavy atom. The number of nitrogens with one attached hydrogen (secondary N) is 1. The molecule has 0 spiro atoms. The fraction of sp³-hybridized carbons (Fsp3) is 0.192. The molecular formula is C26H28N2O2S. The molecule has 31 heavy (non-hydrogen) atoms. The van der Waals surface area contributed by atoms with E-state index in [0.717, 1.165) is 22.7 Å². The summed E-state index contributed by atoms with van der Waals surface area (Å²) in [5.74, 6) is 0.522. The number of hydrogen-bond donors (Lipinski definition) is 2. The molecule has 5 heteroatoms. The van der Waals surface area contributed by atoms with E-state index >= 15 is 0 Å².